The van der Waals surface area contributed by atoms with Gasteiger partial charge in [-0.1, -0.05) is 41.0 Å². The van der Waals surface area contributed by atoms with Crippen molar-refractivity contribution < 1.29 is 18.4 Å². The smallest absolute Gasteiger partial charge is 0.288 e. The van der Waals surface area contributed by atoms with Crippen LogP contribution in [0.1, 0.15) is 23.2 Å². The number of thioether (sulfide) groups is 1. The Bertz CT molecular complexity index is 878. The zero-order valence-corrected chi connectivity index (χ0v) is 16.8. The number of carbonyl (C=O) groups excluding carboxylic acids is 2. The van der Waals surface area contributed by atoms with E-state index in [0.717, 1.165) is 0 Å². The van der Waals surface area contributed by atoms with Crippen LogP contribution in [-0.2, 0) is 4.79 Å². The fraction of sp³-hybridized carbons (Fsp3) is 0.263. The molecule has 3 rings (SSSR count). The third-order valence-corrected chi connectivity index (χ3v) is 5.39. The van der Waals surface area contributed by atoms with Crippen molar-refractivity contribution in [2.75, 3.05) is 11.9 Å². The van der Waals surface area contributed by atoms with Crippen LogP contribution in [0.15, 0.2) is 47.4 Å². The number of nitrogens with one attached hydrogen (secondary N) is 1. The number of anilines is 1. The first-order valence-electron chi connectivity index (χ1n) is 8.46. The van der Waals surface area contributed by atoms with Gasteiger partial charge in [0, 0.05) is 32.7 Å². The predicted molar refractivity (Wildman–Crippen MR) is 107 cm³/mol. The summed E-state index contributed by atoms with van der Waals surface area (Å²) in [7, 11) is 0. The first-order valence-corrected chi connectivity index (χ1v) is 10.1. The summed E-state index contributed by atoms with van der Waals surface area (Å²) < 4.78 is 25.1. The lowest BCUT2D eigenvalue weighted by molar-refractivity contribution is -0.119. The molecule has 0 spiro atoms. The highest BCUT2D eigenvalue weighted by Gasteiger charge is 2.34. The molecule has 2 amide bonds. The maximum atomic E-state index is 12.8. The third kappa shape index (κ3) is 5.16. The van der Waals surface area contributed by atoms with Gasteiger partial charge in [0.1, 0.15) is 6.04 Å². The minimum absolute atomic E-state index is 0.313. The molecule has 1 saturated heterocycles. The van der Waals surface area contributed by atoms with Gasteiger partial charge in [-0.3, -0.25) is 9.59 Å². The van der Waals surface area contributed by atoms with E-state index in [-0.39, 0.29) is 11.8 Å². The summed E-state index contributed by atoms with van der Waals surface area (Å²) in [4.78, 5) is 27.4. The maximum Gasteiger partial charge on any atom is 0.288 e. The van der Waals surface area contributed by atoms with Gasteiger partial charge in [0.2, 0.25) is 5.91 Å². The first-order chi connectivity index (χ1) is 13.3. The molecule has 1 aliphatic heterocycles. The van der Waals surface area contributed by atoms with E-state index in [9.17, 15) is 18.4 Å². The Balaban J connectivity index is 1.73. The van der Waals surface area contributed by atoms with Gasteiger partial charge >= 0.3 is 0 Å². The molecule has 1 N–H and O–H groups in total. The monoisotopic (exact) mass is 444 g/mol. The predicted octanol–water partition coefficient (Wildman–Crippen LogP) is 5.55. The van der Waals surface area contributed by atoms with E-state index in [1.54, 1.807) is 18.2 Å². The molecule has 148 valence electrons. The second-order valence-corrected chi connectivity index (χ2v) is 8.15. The second-order valence-electron chi connectivity index (χ2n) is 6.21. The lowest BCUT2D eigenvalue weighted by atomic mass is 10.1. The number of nitrogens with zero attached hydrogens (tertiary/aromatic N) is 1. The van der Waals surface area contributed by atoms with Crippen molar-refractivity contribution in [2.24, 2.45) is 0 Å². The standard InChI is InChI=1S/C19H16Cl2F2N2O2S/c20-12-7-11(8-13(21)9-12)18(27)25-6-2-5-16(25)17(26)24-14-3-1-4-15(10-14)28-19(22)23/h1,3-4,7-10,16,19H,2,5-6H2,(H,24,26). The van der Waals surface area contributed by atoms with Crippen LogP contribution >= 0.6 is 35.0 Å². The van der Waals surface area contributed by atoms with Crippen molar-refractivity contribution in [1.29, 1.82) is 0 Å². The SMILES string of the molecule is O=C(Nc1cccc(SC(F)F)c1)C1CCCN1C(=O)c1cc(Cl)cc(Cl)c1. The van der Waals surface area contributed by atoms with Gasteiger partial charge < -0.3 is 10.2 Å². The van der Waals surface area contributed by atoms with Crippen LogP contribution in [0.3, 0.4) is 0 Å². The van der Waals surface area contributed by atoms with Crippen LogP contribution in [-0.4, -0.2) is 35.1 Å². The van der Waals surface area contributed by atoms with Crippen molar-refractivity contribution >= 4 is 52.5 Å². The van der Waals surface area contributed by atoms with Crippen LogP contribution in [0, 0.1) is 0 Å². The summed E-state index contributed by atoms with van der Waals surface area (Å²) in [5.74, 6) is -3.24. The molecule has 1 aliphatic rings. The van der Waals surface area contributed by atoms with E-state index in [1.807, 2.05) is 0 Å². The van der Waals surface area contributed by atoms with Crippen LogP contribution in [0.2, 0.25) is 10.0 Å². The molecule has 1 fully saturated rings. The molecule has 0 aromatic heterocycles. The number of hydrogen-bond acceptors (Lipinski definition) is 3. The normalized spacial score (nSPS) is 16.5. The van der Waals surface area contributed by atoms with Gasteiger partial charge in [-0.05, 0) is 49.2 Å². The number of carbonyl (C=O) groups is 2. The van der Waals surface area contributed by atoms with Gasteiger partial charge in [0.05, 0.1) is 0 Å². The molecule has 2 aromatic rings. The Labute approximate surface area is 175 Å². The first kappa shape index (κ1) is 20.9. The van der Waals surface area contributed by atoms with Crippen molar-refractivity contribution in [3.63, 3.8) is 0 Å². The van der Waals surface area contributed by atoms with Crippen molar-refractivity contribution in [3.8, 4) is 0 Å². The molecule has 0 radical (unpaired) electrons. The minimum atomic E-state index is -2.54. The van der Waals surface area contributed by atoms with E-state index in [2.05, 4.69) is 5.32 Å². The molecule has 28 heavy (non-hydrogen) atoms. The van der Waals surface area contributed by atoms with E-state index in [0.29, 0.717) is 57.3 Å². The van der Waals surface area contributed by atoms with Crippen molar-refractivity contribution in [1.82, 2.24) is 4.90 Å². The quantitative estimate of drug-likeness (QED) is 0.614. The van der Waals surface area contributed by atoms with Crippen LogP contribution < -0.4 is 5.32 Å². The summed E-state index contributed by atoms with van der Waals surface area (Å²) >= 11 is 12.3. The number of amides is 2. The van der Waals surface area contributed by atoms with Gasteiger partial charge in [-0.2, -0.15) is 8.78 Å². The zero-order chi connectivity index (χ0) is 20.3. The summed E-state index contributed by atoms with van der Waals surface area (Å²) in [6.45, 7) is 0.433. The average Bonchev–Trinajstić information content (AvgIpc) is 3.09. The molecule has 0 saturated carbocycles. The second kappa shape index (κ2) is 9.11. The highest BCUT2D eigenvalue weighted by Crippen LogP contribution is 2.28. The van der Waals surface area contributed by atoms with Gasteiger partial charge in [-0.15, -0.1) is 0 Å². The number of halogens is 4. The van der Waals surface area contributed by atoms with Gasteiger partial charge in [-0.25, -0.2) is 0 Å². The summed E-state index contributed by atoms with van der Waals surface area (Å²) in [6.07, 6.45) is 1.19. The van der Waals surface area contributed by atoms with E-state index in [1.165, 1.54) is 29.2 Å². The third-order valence-electron chi connectivity index (χ3n) is 4.25. The number of likely N-dealkylation sites (tertiary alicyclic amines) is 1. The molecule has 4 nitrogen and oxygen atoms in total. The Kier molecular flexibility index (Phi) is 6.80. The van der Waals surface area contributed by atoms with E-state index in [4.69, 9.17) is 23.2 Å². The molecule has 1 unspecified atom stereocenters. The Morgan fingerprint density at radius 2 is 1.86 bits per heavy atom. The van der Waals surface area contributed by atoms with Gasteiger partial charge in [0.25, 0.3) is 11.7 Å². The summed E-state index contributed by atoms with van der Waals surface area (Å²) in [5, 5.41) is 3.39. The molecule has 9 heteroatoms. The number of rotatable bonds is 5. The topological polar surface area (TPSA) is 49.4 Å². The number of alkyl halides is 2. The van der Waals surface area contributed by atoms with Crippen molar-refractivity contribution in [3.05, 3.63) is 58.1 Å². The zero-order valence-electron chi connectivity index (χ0n) is 14.5. The fourth-order valence-corrected chi connectivity index (χ4v) is 4.19. The maximum absolute atomic E-state index is 12.8. The highest BCUT2D eigenvalue weighted by molar-refractivity contribution is 7.99. The van der Waals surface area contributed by atoms with E-state index < -0.39 is 11.8 Å². The minimum Gasteiger partial charge on any atom is -0.327 e. The van der Waals surface area contributed by atoms with E-state index >= 15 is 0 Å². The lowest BCUT2D eigenvalue weighted by Gasteiger charge is -2.24. The Morgan fingerprint density at radius 1 is 1.14 bits per heavy atom. The molecule has 0 bridgehead atoms. The molecule has 1 heterocycles. The molecular formula is C19H16Cl2F2N2O2S. The van der Waals surface area contributed by atoms with Crippen LogP contribution in [0.25, 0.3) is 0 Å². The molecule has 0 aliphatic carbocycles. The Hall–Kier alpha value is -1.83. The number of benzene rings is 2. The number of hydrogen-bond donors (Lipinski definition) is 1. The summed E-state index contributed by atoms with van der Waals surface area (Å²) in [6, 6.07) is 10.1. The summed E-state index contributed by atoms with van der Waals surface area (Å²) in [5.41, 5.74) is 0.716. The molecule has 2 aromatic carbocycles. The van der Waals surface area contributed by atoms with Gasteiger partial charge in [0.15, 0.2) is 0 Å². The average molecular weight is 445 g/mol. The van der Waals surface area contributed by atoms with Crippen LogP contribution in [0.5, 0.6) is 0 Å². The molecular weight excluding hydrogens is 429 g/mol. The molecule has 1 atom stereocenters. The fourth-order valence-electron chi connectivity index (χ4n) is 3.10. The van der Waals surface area contributed by atoms with Crippen molar-refractivity contribution in [2.45, 2.75) is 29.5 Å². The highest BCUT2D eigenvalue weighted by atomic mass is 35.5. The largest absolute Gasteiger partial charge is 0.327 e. The lowest BCUT2D eigenvalue weighted by Crippen LogP contribution is -2.43. The Morgan fingerprint density at radius 3 is 2.54 bits per heavy atom. The van der Waals surface area contributed by atoms with Crippen LogP contribution in [0.4, 0.5) is 14.5 Å².